The quantitative estimate of drug-likeness (QED) is 0.242. The van der Waals surface area contributed by atoms with Crippen molar-refractivity contribution in [3.05, 3.63) is 99.8 Å². The van der Waals surface area contributed by atoms with Gasteiger partial charge >= 0.3 is 0 Å². The summed E-state index contributed by atoms with van der Waals surface area (Å²) in [6, 6.07) is 18.5. The van der Waals surface area contributed by atoms with Gasteiger partial charge in [-0.05, 0) is 68.1 Å². The molecular formula is C30H31N5O3S. The monoisotopic (exact) mass is 541 g/mol. The van der Waals surface area contributed by atoms with Crippen LogP contribution in [0.3, 0.4) is 0 Å². The van der Waals surface area contributed by atoms with E-state index in [0.717, 1.165) is 22.6 Å². The van der Waals surface area contributed by atoms with E-state index in [-0.39, 0.29) is 11.7 Å². The number of para-hydroxylation sites is 1. The summed E-state index contributed by atoms with van der Waals surface area (Å²) < 4.78 is 7.11. The smallest absolute Gasteiger partial charge is 0.255 e. The van der Waals surface area contributed by atoms with Gasteiger partial charge in [-0.25, -0.2) is 4.68 Å². The van der Waals surface area contributed by atoms with E-state index in [9.17, 15) is 9.90 Å². The lowest BCUT2D eigenvalue weighted by molar-refractivity contribution is -0.113. The van der Waals surface area contributed by atoms with Gasteiger partial charge in [-0.15, -0.1) is 5.10 Å². The van der Waals surface area contributed by atoms with Crippen LogP contribution in [-0.4, -0.2) is 32.9 Å². The molecule has 0 fully saturated rings. The van der Waals surface area contributed by atoms with Crippen molar-refractivity contribution >= 4 is 29.3 Å². The first kappa shape index (κ1) is 26.4. The number of anilines is 2. The third-order valence-corrected chi connectivity index (χ3v) is 7.74. The van der Waals surface area contributed by atoms with E-state index < -0.39 is 6.04 Å². The van der Waals surface area contributed by atoms with Crippen molar-refractivity contribution in [3.63, 3.8) is 0 Å². The number of aromatic hydroxyl groups is 1. The van der Waals surface area contributed by atoms with Crippen LogP contribution < -0.4 is 15.4 Å². The highest BCUT2D eigenvalue weighted by Gasteiger charge is 2.35. The van der Waals surface area contributed by atoms with Crippen molar-refractivity contribution in [3.8, 4) is 11.5 Å². The predicted molar refractivity (Wildman–Crippen MR) is 154 cm³/mol. The number of carbonyl (C=O) groups is 1. The highest BCUT2D eigenvalue weighted by molar-refractivity contribution is 7.98. The largest absolute Gasteiger partial charge is 0.504 e. The minimum atomic E-state index is -0.595. The van der Waals surface area contributed by atoms with E-state index in [4.69, 9.17) is 14.8 Å². The van der Waals surface area contributed by atoms with Crippen LogP contribution >= 0.6 is 11.8 Å². The molecule has 9 heteroatoms. The maximum atomic E-state index is 13.8. The average Bonchev–Trinajstić information content (AvgIpc) is 3.32. The standard InChI is InChI=1S/C30H31N5O3S/c1-17-10-11-18(2)22(14-17)16-39-30-33-29-31-20(4)26(28(37)32-23-9-7-6-8-19(23)3)27(35(29)34-30)21-12-13-24(36)25(15-21)38-5/h6-15,27,36H,16H2,1-5H3,(H,32,37)(H,31,33,34)/t27-/m1/s1. The third-order valence-electron chi connectivity index (χ3n) is 6.85. The first-order valence-corrected chi connectivity index (χ1v) is 13.6. The number of allylic oxidation sites excluding steroid dienone is 1. The normalized spacial score (nSPS) is 14.5. The molecule has 5 rings (SSSR count). The summed E-state index contributed by atoms with van der Waals surface area (Å²) in [5.74, 6) is 1.35. The highest BCUT2D eigenvalue weighted by Crippen LogP contribution is 2.40. The fraction of sp³-hybridized carbons (Fsp3) is 0.233. The molecule has 2 heterocycles. The molecule has 4 aromatic rings. The van der Waals surface area contributed by atoms with Gasteiger partial charge in [-0.1, -0.05) is 59.8 Å². The molecule has 0 bridgehead atoms. The fourth-order valence-corrected chi connectivity index (χ4v) is 5.55. The molecule has 39 heavy (non-hydrogen) atoms. The summed E-state index contributed by atoms with van der Waals surface area (Å²) in [7, 11) is 1.50. The van der Waals surface area contributed by atoms with Gasteiger partial charge in [-0.3, -0.25) is 4.79 Å². The number of amides is 1. The van der Waals surface area contributed by atoms with Crippen molar-refractivity contribution in [1.82, 2.24) is 14.8 Å². The van der Waals surface area contributed by atoms with Crippen LogP contribution in [0.4, 0.5) is 11.6 Å². The number of benzene rings is 3. The number of aryl methyl sites for hydroxylation is 3. The van der Waals surface area contributed by atoms with Crippen molar-refractivity contribution < 1.29 is 14.6 Å². The van der Waals surface area contributed by atoms with Gasteiger partial charge in [0.15, 0.2) is 11.5 Å². The first-order valence-electron chi connectivity index (χ1n) is 12.6. The number of thioether (sulfide) groups is 1. The first-order chi connectivity index (χ1) is 18.7. The Morgan fingerprint density at radius 3 is 2.64 bits per heavy atom. The zero-order valence-corrected chi connectivity index (χ0v) is 23.4. The molecule has 3 N–H and O–H groups in total. The van der Waals surface area contributed by atoms with Gasteiger partial charge in [0, 0.05) is 17.1 Å². The van der Waals surface area contributed by atoms with Gasteiger partial charge in [-0.2, -0.15) is 4.98 Å². The minimum absolute atomic E-state index is 0.0189. The lowest BCUT2D eigenvalue weighted by Crippen LogP contribution is -2.31. The van der Waals surface area contributed by atoms with Crippen LogP contribution in [0.1, 0.15) is 40.8 Å². The number of rotatable bonds is 7. The maximum Gasteiger partial charge on any atom is 0.255 e. The van der Waals surface area contributed by atoms with E-state index in [1.165, 1.54) is 23.8 Å². The number of nitrogens with one attached hydrogen (secondary N) is 2. The molecule has 0 unspecified atom stereocenters. The van der Waals surface area contributed by atoms with Gasteiger partial charge in [0.2, 0.25) is 11.1 Å². The SMILES string of the molecule is COc1cc([C@@H]2C(C(=O)Nc3ccccc3C)=C(C)Nc3nc(SCc4cc(C)ccc4C)nn32)ccc1O. The molecule has 1 aromatic heterocycles. The zero-order chi connectivity index (χ0) is 27.7. The number of fused-ring (bicyclic) bond motifs is 1. The van der Waals surface area contributed by atoms with Crippen molar-refractivity contribution in [2.24, 2.45) is 0 Å². The average molecular weight is 542 g/mol. The molecule has 0 saturated heterocycles. The summed E-state index contributed by atoms with van der Waals surface area (Å²) in [4.78, 5) is 18.5. The van der Waals surface area contributed by atoms with Crippen LogP contribution in [0.15, 0.2) is 77.1 Å². The molecule has 200 valence electrons. The third kappa shape index (κ3) is 5.35. The van der Waals surface area contributed by atoms with E-state index >= 15 is 0 Å². The van der Waals surface area contributed by atoms with Crippen LogP contribution in [0.25, 0.3) is 0 Å². The van der Waals surface area contributed by atoms with Crippen LogP contribution in [0.2, 0.25) is 0 Å². The molecule has 1 aliphatic heterocycles. The second-order valence-corrected chi connectivity index (χ2v) is 10.6. The van der Waals surface area contributed by atoms with Crippen LogP contribution in [-0.2, 0) is 10.5 Å². The maximum absolute atomic E-state index is 13.8. The Morgan fingerprint density at radius 2 is 1.87 bits per heavy atom. The number of carbonyl (C=O) groups excluding carboxylic acids is 1. The Bertz CT molecular complexity index is 1590. The topological polar surface area (TPSA) is 101 Å². The number of hydrogen-bond donors (Lipinski definition) is 3. The van der Waals surface area contributed by atoms with E-state index in [1.54, 1.807) is 34.6 Å². The van der Waals surface area contributed by atoms with Gasteiger partial charge in [0.1, 0.15) is 6.04 Å². The van der Waals surface area contributed by atoms with Crippen LogP contribution in [0.5, 0.6) is 11.5 Å². The number of ether oxygens (including phenoxy) is 1. The second-order valence-electron chi connectivity index (χ2n) is 9.65. The Morgan fingerprint density at radius 1 is 1.08 bits per heavy atom. The Kier molecular flexibility index (Phi) is 7.34. The molecule has 8 nitrogen and oxygen atoms in total. The predicted octanol–water partition coefficient (Wildman–Crippen LogP) is 6.14. The second kappa shape index (κ2) is 10.9. The Hall–Kier alpha value is -4.24. The van der Waals surface area contributed by atoms with E-state index in [0.29, 0.717) is 28.1 Å². The van der Waals surface area contributed by atoms with Gasteiger partial charge in [0.25, 0.3) is 5.91 Å². The number of phenols is 1. The summed E-state index contributed by atoms with van der Waals surface area (Å²) in [5, 5.41) is 22.0. The summed E-state index contributed by atoms with van der Waals surface area (Å²) in [6.45, 7) is 7.99. The lowest BCUT2D eigenvalue weighted by Gasteiger charge is -2.29. The summed E-state index contributed by atoms with van der Waals surface area (Å²) in [5.41, 5.74) is 7.25. The van der Waals surface area contributed by atoms with Gasteiger partial charge < -0.3 is 20.5 Å². The zero-order valence-electron chi connectivity index (χ0n) is 22.6. The molecule has 1 atom stereocenters. The molecular weight excluding hydrogens is 510 g/mol. The van der Waals surface area contributed by atoms with Crippen molar-refractivity contribution in [2.75, 3.05) is 17.7 Å². The number of phenolic OH excluding ortho intramolecular Hbond substituents is 1. The molecule has 3 aromatic carbocycles. The van der Waals surface area contributed by atoms with Crippen LogP contribution in [0, 0.1) is 20.8 Å². The molecule has 1 aliphatic rings. The molecule has 0 saturated carbocycles. The number of nitrogens with zero attached hydrogens (tertiary/aromatic N) is 3. The Labute approximate surface area is 232 Å². The van der Waals surface area contributed by atoms with Crippen molar-refractivity contribution in [1.29, 1.82) is 0 Å². The number of methoxy groups -OCH3 is 1. The molecule has 0 spiro atoms. The highest BCUT2D eigenvalue weighted by atomic mass is 32.2. The van der Waals surface area contributed by atoms with E-state index in [1.807, 2.05) is 38.1 Å². The lowest BCUT2D eigenvalue weighted by atomic mass is 9.94. The van der Waals surface area contributed by atoms with E-state index in [2.05, 4.69) is 42.7 Å². The summed E-state index contributed by atoms with van der Waals surface area (Å²) in [6.07, 6.45) is 0. The molecule has 0 aliphatic carbocycles. The van der Waals surface area contributed by atoms with Crippen molar-refractivity contribution in [2.45, 2.75) is 44.6 Å². The summed E-state index contributed by atoms with van der Waals surface area (Å²) >= 11 is 1.55. The molecule has 0 radical (unpaired) electrons. The number of hydrogen-bond acceptors (Lipinski definition) is 7. The number of aromatic nitrogens is 3. The fourth-order valence-electron chi connectivity index (χ4n) is 4.66. The Balaban J connectivity index is 1.53. The van der Waals surface area contributed by atoms with Gasteiger partial charge in [0.05, 0.1) is 12.7 Å². The molecule has 1 amide bonds. The minimum Gasteiger partial charge on any atom is -0.504 e.